The van der Waals surface area contributed by atoms with Crippen molar-refractivity contribution in [3.05, 3.63) is 34.7 Å². The average molecular weight is 543 g/mol. The molecule has 0 spiro atoms. The topological polar surface area (TPSA) is 101 Å². The number of carboxylic acids is 1. The standard InChI is InChI=1S/C30H39FN2O4S/c31-17-24(32)20-7-9-21(10-8-20)29(35)33-13-12-23(19-4-2-1-3-5-19)28(33)25(34)15-18-6-11-26-22(14-18)16-27(38-26)30(36)37/h6,11,14,16,19-21,23-24,28H,1-5,7-10,12-13,15,17,32H2,(H,36,37)/t20?,21?,23-,24+,28-/m0/s1. The molecule has 1 saturated heterocycles. The van der Waals surface area contributed by atoms with E-state index >= 15 is 0 Å². The van der Waals surface area contributed by atoms with Crippen LogP contribution in [-0.2, 0) is 16.0 Å². The SMILES string of the molecule is N[C@H](CF)C1CCC(C(=O)N2CC[C@@H](C3CCCCC3)[C@H]2C(=O)Cc2ccc3sc(C(=O)O)cc3c2)CC1. The molecular formula is C30H39FN2O4S. The summed E-state index contributed by atoms with van der Waals surface area (Å²) in [5.41, 5.74) is 6.80. The lowest BCUT2D eigenvalue weighted by Crippen LogP contribution is -2.48. The van der Waals surface area contributed by atoms with Gasteiger partial charge in [0, 0.05) is 29.6 Å². The van der Waals surface area contributed by atoms with Crippen molar-refractivity contribution in [3.8, 4) is 0 Å². The number of hydrogen-bond acceptors (Lipinski definition) is 5. The highest BCUT2D eigenvalue weighted by atomic mass is 32.1. The normalized spacial score (nSPS) is 27.5. The minimum atomic E-state index is -0.944. The summed E-state index contributed by atoms with van der Waals surface area (Å²) >= 11 is 1.23. The van der Waals surface area contributed by atoms with Gasteiger partial charge in [0.05, 0.1) is 6.04 Å². The number of likely N-dealkylation sites (tertiary alicyclic amines) is 1. The summed E-state index contributed by atoms with van der Waals surface area (Å²) in [6.07, 6.45) is 9.94. The Balaban J connectivity index is 1.34. The van der Waals surface area contributed by atoms with Crippen LogP contribution in [0.15, 0.2) is 24.3 Å². The fourth-order valence-corrected chi connectivity index (χ4v) is 8.18. The van der Waals surface area contributed by atoms with E-state index in [1.165, 1.54) is 30.6 Å². The van der Waals surface area contributed by atoms with Gasteiger partial charge in [-0.05, 0) is 79.0 Å². The van der Waals surface area contributed by atoms with Crippen LogP contribution in [0.4, 0.5) is 4.39 Å². The molecule has 3 atom stereocenters. The summed E-state index contributed by atoms with van der Waals surface area (Å²) in [7, 11) is 0. The minimum Gasteiger partial charge on any atom is -0.477 e. The monoisotopic (exact) mass is 542 g/mol. The number of ketones is 1. The maximum absolute atomic E-state index is 14.0. The Morgan fingerprint density at radius 3 is 2.45 bits per heavy atom. The number of rotatable bonds is 8. The first-order valence-corrected chi connectivity index (χ1v) is 15.1. The third-order valence-corrected chi connectivity index (χ3v) is 10.5. The quantitative estimate of drug-likeness (QED) is 0.452. The molecule has 2 saturated carbocycles. The van der Waals surface area contributed by atoms with Gasteiger partial charge < -0.3 is 15.7 Å². The van der Waals surface area contributed by atoms with Crippen LogP contribution in [0.25, 0.3) is 10.1 Å². The van der Waals surface area contributed by atoms with Gasteiger partial charge in [-0.3, -0.25) is 9.59 Å². The number of fused-ring (bicyclic) bond motifs is 1. The molecule has 3 N–H and O–H groups in total. The second-order valence-electron chi connectivity index (χ2n) is 11.7. The van der Waals surface area contributed by atoms with E-state index in [2.05, 4.69) is 0 Å². The predicted molar refractivity (Wildman–Crippen MR) is 147 cm³/mol. The fraction of sp³-hybridized carbons (Fsp3) is 0.633. The molecule has 2 heterocycles. The van der Waals surface area contributed by atoms with E-state index in [1.807, 2.05) is 23.1 Å². The number of hydrogen-bond donors (Lipinski definition) is 2. The molecule has 8 heteroatoms. The second kappa shape index (κ2) is 11.8. The molecular weight excluding hydrogens is 503 g/mol. The molecule has 0 radical (unpaired) electrons. The molecule has 38 heavy (non-hydrogen) atoms. The Morgan fingerprint density at radius 2 is 1.76 bits per heavy atom. The van der Waals surface area contributed by atoms with Crippen molar-refractivity contribution < 1.29 is 23.9 Å². The first kappa shape index (κ1) is 27.3. The van der Waals surface area contributed by atoms with Crippen molar-refractivity contribution in [2.24, 2.45) is 29.4 Å². The van der Waals surface area contributed by atoms with Crippen LogP contribution in [0.1, 0.15) is 79.4 Å². The lowest BCUT2D eigenvalue weighted by atomic mass is 9.75. The Morgan fingerprint density at radius 1 is 1.03 bits per heavy atom. The largest absolute Gasteiger partial charge is 0.477 e. The highest BCUT2D eigenvalue weighted by Gasteiger charge is 2.46. The third-order valence-electron chi connectivity index (χ3n) is 9.39. The second-order valence-corrected chi connectivity index (χ2v) is 12.8. The van der Waals surface area contributed by atoms with E-state index in [0.717, 1.165) is 47.8 Å². The minimum absolute atomic E-state index is 0.0904. The fourth-order valence-electron chi connectivity index (χ4n) is 7.30. The molecule has 0 unspecified atom stereocenters. The molecule has 0 bridgehead atoms. The van der Waals surface area contributed by atoms with Gasteiger partial charge in [-0.1, -0.05) is 38.2 Å². The van der Waals surface area contributed by atoms with Gasteiger partial charge in [0.2, 0.25) is 5.91 Å². The molecule has 1 amide bonds. The van der Waals surface area contributed by atoms with Crippen molar-refractivity contribution in [2.75, 3.05) is 13.2 Å². The number of carbonyl (C=O) groups excluding carboxylic acids is 2. The first-order valence-electron chi connectivity index (χ1n) is 14.3. The summed E-state index contributed by atoms with van der Waals surface area (Å²) in [4.78, 5) is 41.3. The van der Waals surface area contributed by atoms with Crippen molar-refractivity contribution >= 4 is 39.1 Å². The predicted octanol–water partition coefficient (Wildman–Crippen LogP) is 5.61. The molecule has 1 aliphatic heterocycles. The Kier molecular flexibility index (Phi) is 8.48. The van der Waals surface area contributed by atoms with E-state index in [9.17, 15) is 23.9 Å². The first-order chi connectivity index (χ1) is 18.4. The number of nitrogens with zero attached hydrogens (tertiary/aromatic N) is 1. The molecule has 3 fully saturated rings. The summed E-state index contributed by atoms with van der Waals surface area (Å²) in [5, 5.41) is 10.2. The van der Waals surface area contributed by atoms with E-state index in [0.29, 0.717) is 25.3 Å². The molecule has 6 nitrogen and oxygen atoms in total. The van der Waals surface area contributed by atoms with E-state index in [4.69, 9.17) is 5.73 Å². The number of carbonyl (C=O) groups is 3. The van der Waals surface area contributed by atoms with E-state index in [1.54, 1.807) is 6.07 Å². The number of nitrogens with two attached hydrogens (primary N) is 1. The van der Waals surface area contributed by atoms with Crippen molar-refractivity contribution in [2.45, 2.75) is 82.7 Å². The maximum Gasteiger partial charge on any atom is 0.345 e. The lowest BCUT2D eigenvalue weighted by Gasteiger charge is -2.37. The smallest absolute Gasteiger partial charge is 0.345 e. The molecule has 1 aromatic heterocycles. The molecule has 2 aliphatic carbocycles. The Labute approximate surface area is 227 Å². The van der Waals surface area contributed by atoms with Gasteiger partial charge in [0.15, 0.2) is 5.78 Å². The van der Waals surface area contributed by atoms with E-state index < -0.39 is 24.7 Å². The van der Waals surface area contributed by atoms with Gasteiger partial charge in [0.1, 0.15) is 11.6 Å². The van der Waals surface area contributed by atoms with Crippen LogP contribution in [-0.4, -0.2) is 53.0 Å². The lowest BCUT2D eigenvalue weighted by molar-refractivity contribution is -0.143. The number of carboxylic acid groups (broad SMARTS) is 1. The summed E-state index contributed by atoms with van der Waals surface area (Å²) in [6, 6.07) is 6.54. The van der Waals surface area contributed by atoms with Gasteiger partial charge in [-0.15, -0.1) is 11.3 Å². The van der Waals surface area contributed by atoms with Crippen molar-refractivity contribution in [3.63, 3.8) is 0 Å². The highest BCUT2D eigenvalue weighted by Crippen LogP contribution is 2.41. The van der Waals surface area contributed by atoms with Crippen LogP contribution in [0.3, 0.4) is 0 Å². The average Bonchev–Trinajstić information content (AvgIpc) is 3.58. The van der Waals surface area contributed by atoms with Crippen LogP contribution in [0.5, 0.6) is 0 Å². The molecule has 2 aromatic rings. The number of halogens is 1. The zero-order valence-electron chi connectivity index (χ0n) is 21.9. The van der Waals surface area contributed by atoms with Gasteiger partial charge in [-0.2, -0.15) is 0 Å². The zero-order chi connectivity index (χ0) is 26.8. The number of aromatic carboxylic acids is 1. The Hall–Kier alpha value is -2.32. The van der Waals surface area contributed by atoms with Crippen LogP contribution >= 0.6 is 11.3 Å². The number of thiophene rings is 1. The zero-order valence-corrected chi connectivity index (χ0v) is 22.8. The summed E-state index contributed by atoms with van der Waals surface area (Å²) in [5.74, 6) is -0.0718. The number of alkyl halides is 1. The highest BCUT2D eigenvalue weighted by molar-refractivity contribution is 7.20. The van der Waals surface area contributed by atoms with Crippen molar-refractivity contribution in [1.29, 1.82) is 0 Å². The number of amides is 1. The summed E-state index contributed by atoms with van der Waals surface area (Å²) in [6.45, 7) is 0.107. The Bertz CT molecular complexity index is 1170. The molecule has 206 valence electrons. The molecule has 5 rings (SSSR count). The molecule has 3 aliphatic rings. The summed E-state index contributed by atoms with van der Waals surface area (Å²) < 4.78 is 14.0. The number of Topliss-reactive ketones (excluding diaryl/α,β-unsaturated/α-hetero) is 1. The van der Waals surface area contributed by atoms with Gasteiger partial charge in [0.25, 0.3) is 0 Å². The van der Waals surface area contributed by atoms with Crippen LogP contribution in [0, 0.1) is 23.7 Å². The van der Waals surface area contributed by atoms with Crippen molar-refractivity contribution in [1.82, 2.24) is 4.90 Å². The number of benzene rings is 1. The van der Waals surface area contributed by atoms with Crippen LogP contribution < -0.4 is 5.73 Å². The van der Waals surface area contributed by atoms with E-state index in [-0.39, 0.29) is 40.7 Å². The third kappa shape index (κ3) is 5.67. The van der Waals surface area contributed by atoms with Gasteiger partial charge >= 0.3 is 5.97 Å². The maximum atomic E-state index is 14.0. The molecule has 1 aromatic carbocycles. The van der Waals surface area contributed by atoms with Crippen LogP contribution in [0.2, 0.25) is 0 Å². The van der Waals surface area contributed by atoms with Gasteiger partial charge in [-0.25, -0.2) is 9.18 Å².